The summed E-state index contributed by atoms with van der Waals surface area (Å²) in [5, 5.41) is 2.98. The van der Waals surface area contributed by atoms with Crippen molar-refractivity contribution in [2.45, 2.75) is 39.7 Å². The van der Waals surface area contributed by atoms with Crippen molar-refractivity contribution in [1.82, 2.24) is 5.32 Å². The second-order valence-corrected chi connectivity index (χ2v) is 5.23. The van der Waals surface area contributed by atoms with Gasteiger partial charge in [0.15, 0.2) is 0 Å². The molecule has 0 aromatic heterocycles. The average molecular weight is 279 g/mol. The largest absolute Gasteiger partial charge is 0.497 e. The first-order valence-corrected chi connectivity index (χ1v) is 7.09. The van der Waals surface area contributed by atoms with E-state index in [9.17, 15) is 4.79 Å². The number of ether oxygens (including phenoxy) is 2. The van der Waals surface area contributed by atoms with Crippen LogP contribution in [0.1, 0.15) is 33.6 Å². The van der Waals surface area contributed by atoms with Crippen LogP contribution in [0.25, 0.3) is 0 Å². The van der Waals surface area contributed by atoms with Gasteiger partial charge in [-0.15, -0.1) is 0 Å². The highest BCUT2D eigenvalue weighted by atomic mass is 16.5. The van der Waals surface area contributed by atoms with Crippen LogP contribution in [-0.4, -0.2) is 25.7 Å². The van der Waals surface area contributed by atoms with Gasteiger partial charge >= 0.3 is 0 Å². The Morgan fingerprint density at radius 2 is 1.75 bits per heavy atom. The fourth-order valence-corrected chi connectivity index (χ4v) is 1.59. The van der Waals surface area contributed by atoms with Gasteiger partial charge in [-0.1, -0.05) is 13.8 Å². The fraction of sp³-hybridized carbons (Fsp3) is 0.562. The van der Waals surface area contributed by atoms with E-state index in [1.165, 1.54) is 0 Å². The average Bonchev–Trinajstić information content (AvgIpc) is 2.44. The van der Waals surface area contributed by atoms with Gasteiger partial charge < -0.3 is 14.8 Å². The van der Waals surface area contributed by atoms with Crippen LogP contribution in [0.15, 0.2) is 24.3 Å². The number of methoxy groups -OCH3 is 1. The molecule has 0 saturated carbocycles. The molecule has 0 heterocycles. The summed E-state index contributed by atoms with van der Waals surface area (Å²) < 4.78 is 10.6. The molecule has 0 aliphatic carbocycles. The van der Waals surface area contributed by atoms with Gasteiger partial charge in [-0.05, 0) is 43.5 Å². The van der Waals surface area contributed by atoms with Gasteiger partial charge in [0.25, 0.3) is 0 Å². The predicted molar refractivity (Wildman–Crippen MR) is 80.2 cm³/mol. The number of benzene rings is 1. The molecular formula is C16H25NO3. The van der Waals surface area contributed by atoms with Gasteiger partial charge in [0.1, 0.15) is 11.5 Å². The number of hydrogen-bond acceptors (Lipinski definition) is 3. The van der Waals surface area contributed by atoms with Crippen LogP contribution in [-0.2, 0) is 4.79 Å². The summed E-state index contributed by atoms with van der Waals surface area (Å²) in [4.78, 5) is 11.7. The third-order valence-corrected chi connectivity index (χ3v) is 3.26. The Labute approximate surface area is 121 Å². The van der Waals surface area contributed by atoms with Gasteiger partial charge in [-0.2, -0.15) is 0 Å². The topological polar surface area (TPSA) is 47.6 Å². The molecule has 20 heavy (non-hydrogen) atoms. The monoisotopic (exact) mass is 279 g/mol. The van der Waals surface area contributed by atoms with E-state index in [2.05, 4.69) is 19.2 Å². The Morgan fingerprint density at radius 3 is 2.30 bits per heavy atom. The standard InChI is InChI=1S/C16H25NO3/c1-12(2)13(3)17-16(18)6-5-11-20-15-9-7-14(19-4)8-10-15/h7-10,12-13H,5-6,11H2,1-4H3,(H,17,18). The first-order chi connectivity index (χ1) is 9.52. The molecule has 1 unspecified atom stereocenters. The molecule has 0 saturated heterocycles. The second-order valence-electron chi connectivity index (χ2n) is 5.23. The number of hydrogen-bond donors (Lipinski definition) is 1. The molecule has 0 bridgehead atoms. The molecule has 0 aliphatic heterocycles. The zero-order valence-corrected chi connectivity index (χ0v) is 12.8. The molecule has 112 valence electrons. The number of rotatable bonds is 8. The summed E-state index contributed by atoms with van der Waals surface area (Å²) in [6.45, 7) is 6.75. The minimum absolute atomic E-state index is 0.0875. The smallest absolute Gasteiger partial charge is 0.220 e. The predicted octanol–water partition coefficient (Wildman–Crippen LogP) is 3.01. The highest BCUT2D eigenvalue weighted by Crippen LogP contribution is 2.17. The number of carbonyl (C=O) groups is 1. The Kier molecular flexibility index (Phi) is 6.91. The minimum atomic E-state index is 0.0875. The summed E-state index contributed by atoms with van der Waals surface area (Å²) in [6.07, 6.45) is 1.20. The van der Waals surface area contributed by atoms with Crippen molar-refractivity contribution < 1.29 is 14.3 Å². The third kappa shape index (κ3) is 5.95. The number of amides is 1. The normalized spacial score (nSPS) is 12.1. The van der Waals surface area contributed by atoms with Gasteiger partial charge in [0.2, 0.25) is 5.91 Å². The summed E-state index contributed by atoms with van der Waals surface area (Å²) >= 11 is 0. The zero-order valence-electron chi connectivity index (χ0n) is 12.8. The maximum absolute atomic E-state index is 11.7. The van der Waals surface area contributed by atoms with Crippen LogP contribution < -0.4 is 14.8 Å². The number of nitrogens with one attached hydrogen (secondary N) is 1. The number of carbonyl (C=O) groups excluding carboxylic acids is 1. The molecular weight excluding hydrogens is 254 g/mol. The van der Waals surface area contributed by atoms with E-state index in [0.717, 1.165) is 11.5 Å². The molecule has 1 aromatic rings. The van der Waals surface area contributed by atoms with E-state index in [4.69, 9.17) is 9.47 Å². The van der Waals surface area contributed by atoms with Crippen LogP contribution in [0.2, 0.25) is 0 Å². The summed E-state index contributed by atoms with van der Waals surface area (Å²) in [6, 6.07) is 7.64. The highest BCUT2D eigenvalue weighted by Gasteiger charge is 2.10. The third-order valence-electron chi connectivity index (χ3n) is 3.26. The maximum atomic E-state index is 11.7. The van der Waals surface area contributed by atoms with Crippen LogP contribution in [0, 0.1) is 5.92 Å². The summed E-state index contributed by atoms with van der Waals surface area (Å²) in [5.74, 6) is 2.14. The fourth-order valence-electron chi connectivity index (χ4n) is 1.59. The first kappa shape index (κ1) is 16.3. The lowest BCUT2D eigenvalue weighted by molar-refractivity contribution is -0.122. The molecule has 1 atom stereocenters. The van der Waals surface area contributed by atoms with Gasteiger partial charge in [-0.25, -0.2) is 0 Å². The lowest BCUT2D eigenvalue weighted by Gasteiger charge is -2.17. The Balaban J connectivity index is 2.19. The molecule has 4 nitrogen and oxygen atoms in total. The van der Waals surface area contributed by atoms with Crippen LogP contribution in [0.5, 0.6) is 11.5 Å². The second kappa shape index (κ2) is 8.46. The zero-order chi connectivity index (χ0) is 15.0. The van der Waals surface area contributed by atoms with E-state index >= 15 is 0 Å². The quantitative estimate of drug-likeness (QED) is 0.744. The van der Waals surface area contributed by atoms with Gasteiger partial charge in [-0.3, -0.25) is 4.79 Å². The molecule has 4 heteroatoms. The minimum Gasteiger partial charge on any atom is -0.497 e. The van der Waals surface area contributed by atoms with E-state index < -0.39 is 0 Å². The van der Waals surface area contributed by atoms with Crippen molar-refractivity contribution in [1.29, 1.82) is 0 Å². The molecule has 1 aromatic carbocycles. The van der Waals surface area contributed by atoms with Crippen LogP contribution >= 0.6 is 0 Å². The van der Waals surface area contributed by atoms with Crippen molar-refractivity contribution in [3.63, 3.8) is 0 Å². The van der Waals surface area contributed by atoms with Gasteiger partial charge in [0, 0.05) is 12.5 Å². The first-order valence-electron chi connectivity index (χ1n) is 7.09. The van der Waals surface area contributed by atoms with Crippen LogP contribution in [0.3, 0.4) is 0 Å². The Morgan fingerprint density at radius 1 is 1.15 bits per heavy atom. The van der Waals surface area contributed by atoms with E-state index in [1.54, 1.807) is 7.11 Å². The molecule has 1 amide bonds. The van der Waals surface area contributed by atoms with Crippen molar-refractivity contribution in [3.05, 3.63) is 24.3 Å². The summed E-state index contributed by atoms with van der Waals surface area (Å²) in [7, 11) is 1.63. The Hall–Kier alpha value is -1.71. The van der Waals surface area contributed by atoms with Crippen molar-refractivity contribution in [2.75, 3.05) is 13.7 Å². The maximum Gasteiger partial charge on any atom is 0.220 e. The SMILES string of the molecule is COc1ccc(OCCCC(=O)NC(C)C(C)C)cc1. The molecule has 0 aliphatic rings. The molecule has 0 spiro atoms. The Bertz CT molecular complexity index is 401. The molecule has 0 fully saturated rings. The van der Waals surface area contributed by atoms with E-state index in [-0.39, 0.29) is 11.9 Å². The highest BCUT2D eigenvalue weighted by molar-refractivity contribution is 5.76. The summed E-state index contributed by atoms with van der Waals surface area (Å²) in [5.41, 5.74) is 0. The molecule has 1 rings (SSSR count). The van der Waals surface area contributed by atoms with E-state index in [0.29, 0.717) is 25.4 Å². The van der Waals surface area contributed by atoms with Crippen LogP contribution in [0.4, 0.5) is 0 Å². The lowest BCUT2D eigenvalue weighted by atomic mass is 10.1. The van der Waals surface area contributed by atoms with Gasteiger partial charge in [0.05, 0.1) is 13.7 Å². The van der Waals surface area contributed by atoms with Crippen molar-refractivity contribution in [2.24, 2.45) is 5.92 Å². The van der Waals surface area contributed by atoms with Crippen molar-refractivity contribution >= 4 is 5.91 Å². The lowest BCUT2D eigenvalue weighted by Crippen LogP contribution is -2.36. The van der Waals surface area contributed by atoms with Crippen molar-refractivity contribution in [3.8, 4) is 11.5 Å². The molecule has 0 radical (unpaired) electrons. The molecule has 1 N–H and O–H groups in total. The van der Waals surface area contributed by atoms with E-state index in [1.807, 2.05) is 31.2 Å².